The summed E-state index contributed by atoms with van der Waals surface area (Å²) in [7, 11) is 0. The third-order valence-corrected chi connectivity index (χ3v) is 4.11. The van der Waals surface area contributed by atoms with E-state index in [2.05, 4.69) is 33.0 Å². The number of hydrogen-bond donors (Lipinski definition) is 1. The number of nitrogens with zero attached hydrogens (tertiary/aromatic N) is 1. The average Bonchev–Trinajstić information content (AvgIpc) is 2.67. The molecule has 0 aromatic heterocycles. The molecule has 0 aromatic carbocycles. The van der Waals surface area contributed by atoms with Gasteiger partial charge in [0.2, 0.25) is 12.3 Å². The van der Waals surface area contributed by atoms with Gasteiger partial charge in [-0.3, -0.25) is 9.59 Å². The van der Waals surface area contributed by atoms with Crippen LogP contribution in [0.25, 0.3) is 0 Å². The first kappa shape index (κ1) is 15.0. The first-order valence-corrected chi connectivity index (χ1v) is 6.77. The quantitative estimate of drug-likeness (QED) is 0.735. The van der Waals surface area contributed by atoms with Gasteiger partial charge in [-0.15, -0.1) is 0 Å². The highest BCUT2D eigenvalue weighted by atomic mass is 16.2. The molecule has 4 nitrogen and oxygen atoms in total. The fourth-order valence-corrected chi connectivity index (χ4v) is 2.90. The van der Waals surface area contributed by atoms with Crippen LogP contribution in [0.4, 0.5) is 0 Å². The lowest BCUT2D eigenvalue weighted by molar-refractivity contribution is -0.130. The standard InChI is InChI=1S/C14H26N2O2/c1-5-13(2,3)9-14(4)6-7-16(10-14)12(18)8-15-11-17/h11H,5-10H2,1-4H3,(H,15,17). The van der Waals surface area contributed by atoms with Crippen molar-refractivity contribution in [3.8, 4) is 0 Å². The Kier molecular flexibility index (Phi) is 4.77. The predicted octanol–water partition coefficient (Wildman–Crippen LogP) is 1.80. The van der Waals surface area contributed by atoms with Gasteiger partial charge in [0.05, 0.1) is 6.54 Å². The number of rotatable bonds is 6. The van der Waals surface area contributed by atoms with Crippen LogP contribution in [0, 0.1) is 10.8 Å². The lowest BCUT2D eigenvalue weighted by Gasteiger charge is -2.34. The smallest absolute Gasteiger partial charge is 0.241 e. The Morgan fingerprint density at radius 3 is 2.72 bits per heavy atom. The monoisotopic (exact) mass is 254 g/mol. The van der Waals surface area contributed by atoms with Crippen molar-refractivity contribution >= 4 is 12.3 Å². The molecule has 1 N–H and O–H groups in total. The van der Waals surface area contributed by atoms with Crippen molar-refractivity contribution in [2.75, 3.05) is 19.6 Å². The van der Waals surface area contributed by atoms with Crippen molar-refractivity contribution in [3.05, 3.63) is 0 Å². The Bertz CT molecular complexity index is 315. The lowest BCUT2D eigenvalue weighted by atomic mass is 9.72. The van der Waals surface area contributed by atoms with Crippen LogP contribution in [0.1, 0.15) is 47.0 Å². The number of likely N-dealkylation sites (tertiary alicyclic amines) is 1. The Labute approximate surface area is 110 Å². The summed E-state index contributed by atoms with van der Waals surface area (Å²) < 4.78 is 0. The molecule has 18 heavy (non-hydrogen) atoms. The fourth-order valence-electron chi connectivity index (χ4n) is 2.90. The number of carbonyl (C=O) groups is 2. The molecule has 1 saturated heterocycles. The number of carbonyl (C=O) groups excluding carboxylic acids is 2. The molecule has 1 unspecified atom stereocenters. The summed E-state index contributed by atoms with van der Waals surface area (Å²) in [5, 5.41) is 2.44. The summed E-state index contributed by atoms with van der Waals surface area (Å²) in [4.78, 5) is 23.9. The molecule has 1 fully saturated rings. The van der Waals surface area contributed by atoms with Gasteiger partial charge in [-0.25, -0.2) is 0 Å². The van der Waals surface area contributed by atoms with Crippen molar-refractivity contribution in [3.63, 3.8) is 0 Å². The molecule has 1 heterocycles. The predicted molar refractivity (Wildman–Crippen MR) is 72.1 cm³/mol. The van der Waals surface area contributed by atoms with Crippen molar-refractivity contribution in [2.45, 2.75) is 47.0 Å². The molecule has 1 rings (SSSR count). The second kappa shape index (κ2) is 5.72. The van der Waals surface area contributed by atoms with E-state index in [9.17, 15) is 9.59 Å². The number of nitrogens with one attached hydrogen (secondary N) is 1. The molecule has 1 atom stereocenters. The molecule has 0 saturated carbocycles. The maximum Gasteiger partial charge on any atom is 0.241 e. The van der Waals surface area contributed by atoms with Gasteiger partial charge in [0, 0.05) is 13.1 Å². The summed E-state index contributed by atoms with van der Waals surface area (Å²) in [6.07, 6.45) is 3.93. The van der Waals surface area contributed by atoms with Crippen molar-refractivity contribution < 1.29 is 9.59 Å². The van der Waals surface area contributed by atoms with Crippen molar-refractivity contribution in [1.82, 2.24) is 10.2 Å². The van der Waals surface area contributed by atoms with Crippen LogP contribution in [-0.4, -0.2) is 36.9 Å². The van der Waals surface area contributed by atoms with E-state index in [1.165, 1.54) is 0 Å². The van der Waals surface area contributed by atoms with E-state index < -0.39 is 0 Å². The molecule has 0 aliphatic carbocycles. The fraction of sp³-hybridized carbons (Fsp3) is 0.857. The van der Waals surface area contributed by atoms with Gasteiger partial charge < -0.3 is 10.2 Å². The minimum absolute atomic E-state index is 0.0279. The summed E-state index contributed by atoms with van der Waals surface area (Å²) >= 11 is 0. The Morgan fingerprint density at radius 2 is 2.17 bits per heavy atom. The van der Waals surface area contributed by atoms with Crippen LogP contribution >= 0.6 is 0 Å². The number of hydrogen-bond acceptors (Lipinski definition) is 2. The van der Waals surface area contributed by atoms with Crippen molar-refractivity contribution in [1.29, 1.82) is 0 Å². The van der Waals surface area contributed by atoms with Crippen LogP contribution < -0.4 is 5.32 Å². The average molecular weight is 254 g/mol. The molecule has 1 aliphatic heterocycles. The van der Waals surface area contributed by atoms with Gasteiger partial charge >= 0.3 is 0 Å². The molecular weight excluding hydrogens is 228 g/mol. The Morgan fingerprint density at radius 1 is 1.50 bits per heavy atom. The highest BCUT2D eigenvalue weighted by Gasteiger charge is 2.39. The van der Waals surface area contributed by atoms with Gasteiger partial charge in [0.1, 0.15) is 0 Å². The first-order valence-electron chi connectivity index (χ1n) is 6.77. The third kappa shape index (κ3) is 4.00. The van der Waals surface area contributed by atoms with Gasteiger partial charge in [-0.05, 0) is 23.7 Å². The maximum atomic E-state index is 11.8. The largest absolute Gasteiger partial charge is 0.350 e. The van der Waals surface area contributed by atoms with Gasteiger partial charge in [-0.2, -0.15) is 0 Å². The van der Waals surface area contributed by atoms with Crippen LogP contribution in [0.15, 0.2) is 0 Å². The zero-order valence-corrected chi connectivity index (χ0v) is 12.1. The van der Waals surface area contributed by atoms with E-state index in [1.54, 1.807) is 0 Å². The summed E-state index contributed by atoms with van der Waals surface area (Å²) in [5.41, 5.74) is 0.547. The molecular formula is C14H26N2O2. The van der Waals surface area contributed by atoms with Crippen LogP contribution in [0.5, 0.6) is 0 Å². The highest BCUT2D eigenvalue weighted by molar-refractivity contribution is 5.80. The van der Waals surface area contributed by atoms with Crippen molar-refractivity contribution in [2.24, 2.45) is 10.8 Å². The van der Waals surface area contributed by atoms with E-state index in [-0.39, 0.29) is 17.9 Å². The SMILES string of the molecule is CCC(C)(C)CC1(C)CCN(C(=O)CNC=O)C1. The molecule has 2 amide bonds. The van der Waals surface area contributed by atoms with Crippen LogP contribution in [0.2, 0.25) is 0 Å². The summed E-state index contributed by atoms with van der Waals surface area (Å²) in [6.45, 7) is 10.8. The molecule has 0 aromatic rings. The van der Waals surface area contributed by atoms with E-state index >= 15 is 0 Å². The molecule has 0 radical (unpaired) electrons. The first-order chi connectivity index (χ1) is 8.32. The Balaban J connectivity index is 2.53. The second-order valence-corrected chi connectivity index (χ2v) is 6.57. The van der Waals surface area contributed by atoms with Gasteiger partial charge in [-0.1, -0.05) is 34.1 Å². The maximum absolute atomic E-state index is 11.8. The normalized spacial score (nSPS) is 24.1. The number of amides is 2. The third-order valence-electron chi connectivity index (χ3n) is 4.11. The zero-order valence-electron chi connectivity index (χ0n) is 12.1. The Hall–Kier alpha value is -1.06. The van der Waals surface area contributed by atoms with Crippen LogP contribution in [0.3, 0.4) is 0 Å². The summed E-state index contributed by atoms with van der Waals surface area (Å²) in [6, 6.07) is 0. The topological polar surface area (TPSA) is 49.4 Å². The molecule has 4 heteroatoms. The van der Waals surface area contributed by atoms with E-state index in [0.717, 1.165) is 32.4 Å². The zero-order chi connectivity index (χ0) is 13.8. The minimum atomic E-state index is 0.0279. The van der Waals surface area contributed by atoms with E-state index in [0.29, 0.717) is 11.8 Å². The molecule has 1 aliphatic rings. The van der Waals surface area contributed by atoms with Gasteiger partial charge in [0.25, 0.3) is 0 Å². The highest BCUT2D eigenvalue weighted by Crippen LogP contribution is 2.42. The lowest BCUT2D eigenvalue weighted by Crippen LogP contribution is -2.38. The minimum Gasteiger partial charge on any atom is -0.350 e. The second-order valence-electron chi connectivity index (χ2n) is 6.57. The summed E-state index contributed by atoms with van der Waals surface area (Å²) in [5.74, 6) is 0.0279. The van der Waals surface area contributed by atoms with E-state index in [1.807, 2.05) is 4.90 Å². The molecule has 0 spiro atoms. The molecule has 0 bridgehead atoms. The molecule has 104 valence electrons. The van der Waals surface area contributed by atoms with Crippen LogP contribution in [-0.2, 0) is 9.59 Å². The van der Waals surface area contributed by atoms with Gasteiger partial charge in [0.15, 0.2) is 0 Å². The van der Waals surface area contributed by atoms with E-state index in [4.69, 9.17) is 0 Å².